The van der Waals surface area contributed by atoms with Crippen LogP contribution in [0.3, 0.4) is 0 Å². The van der Waals surface area contributed by atoms with E-state index in [1.165, 1.54) is 0 Å². The lowest BCUT2D eigenvalue weighted by Gasteiger charge is -2.19. The molecule has 0 saturated carbocycles. The molecule has 2 N–H and O–H groups in total. The number of carbonyl (C=O) groups excluding carboxylic acids is 1. The highest BCUT2D eigenvalue weighted by molar-refractivity contribution is 14.1. The summed E-state index contributed by atoms with van der Waals surface area (Å²) in [4.78, 5) is 11.9. The van der Waals surface area contributed by atoms with Crippen LogP contribution in [0.5, 0.6) is 0 Å². The highest BCUT2D eigenvalue weighted by Crippen LogP contribution is 2.24. The molecule has 1 amide bonds. The molecule has 0 fully saturated rings. The average molecular weight is 381 g/mol. The lowest BCUT2D eigenvalue weighted by molar-refractivity contribution is -0.122. The molecule has 0 heterocycles. The van der Waals surface area contributed by atoms with Crippen LogP contribution in [0.15, 0.2) is 18.2 Å². The Bertz CT molecular complexity index is 425. The third-order valence-electron chi connectivity index (χ3n) is 2.69. The predicted molar refractivity (Wildman–Crippen MR) is 85.1 cm³/mol. The first-order valence-corrected chi connectivity index (χ1v) is 7.41. The summed E-state index contributed by atoms with van der Waals surface area (Å²) in [7, 11) is 0. The van der Waals surface area contributed by atoms with Crippen molar-refractivity contribution < 1.29 is 4.79 Å². The third kappa shape index (κ3) is 4.65. The van der Waals surface area contributed by atoms with Crippen LogP contribution in [0.4, 0.5) is 5.69 Å². The molecule has 5 heteroatoms. The molecule has 0 aliphatic rings. The highest BCUT2D eigenvalue weighted by atomic mass is 127. The Kier molecular flexibility index (Phi) is 6.21. The van der Waals surface area contributed by atoms with Crippen molar-refractivity contribution in [2.24, 2.45) is 0 Å². The number of amides is 1. The van der Waals surface area contributed by atoms with E-state index in [0.29, 0.717) is 5.02 Å². The summed E-state index contributed by atoms with van der Waals surface area (Å²) < 4.78 is 1.08. The number of hydrogen-bond acceptors (Lipinski definition) is 2. The molecule has 2 atom stereocenters. The van der Waals surface area contributed by atoms with Gasteiger partial charge in [-0.15, -0.1) is 0 Å². The van der Waals surface area contributed by atoms with Gasteiger partial charge >= 0.3 is 0 Å². The van der Waals surface area contributed by atoms with E-state index in [1.54, 1.807) is 0 Å². The molecule has 0 radical (unpaired) electrons. The standard InChI is InChI=1S/C13H18ClIN2O/c1-4-8(2)16-13(18)9(3)17-12-7-10(15)5-6-11(12)14/h5-9,17H,4H2,1-3H3,(H,16,18). The average Bonchev–Trinajstić information content (AvgIpc) is 2.33. The van der Waals surface area contributed by atoms with Crippen LogP contribution in [0.2, 0.25) is 5.02 Å². The summed E-state index contributed by atoms with van der Waals surface area (Å²) >= 11 is 8.29. The molecular formula is C13H18ClIN2O. The maximum atomic E-state index is 11.9. The number of anilines is 1. The molecule has 0 bridgehead atoms. The van der Waals surface area contributed by atoms with E-state index in [2.05, 4.69) is 33.2 Å². The maximum Gasteiger partial charge on any atom is 0.242 e. The number of nitrogens with one attached hydrogen (secondary N) is 2. The number of halogens is 2. The van der Waals surface area contributed by atoms with Gasteiger partial charge in [-0.2, -0.15) is 0 Å². The van der Waals surface area contributed by atoms with Gasteiger partial charge in [-0.25, -0.2) is 0 Å². The van der Waals surface area contributed by atoms with Crippen molar-refractivity contribution in [2.75, 3.05) is 5.32 Å². The summed E-state index contributed by atoms with van der Waals surface area (Å²) in [5.41, 5.74) is 0.787. The van der Waals surface area contributed by atoms with Gasteiger partial charge in [0.25, 0.3) is 0 Å². The molecule has 0 aliphatic heterocycles. The van der Waals surface area contributed by atoms with Gasteiger partial charge in [0.05, 0.1) is 10.7 Å². The topological polar surface area (TPSA) is 41.1 Å². The predicted octanol–water partition coefficient (Wildman–Crippen LogP) is 3.66. The minimum Gasteiger partial charge on any atom is -0.373 e. The minimum atomic E-state index is -0.310. The molecule has 1 aromatic carbocycles. The van der Waals surface area contributed by atoms with E-state index in [9.17, 15) is 4.79 Å². The fourth-order valence-corrected chi connectivity index (χ4v) is 2.04. The van der Waals surface area contributed by atoms with Crippen LogP contribution in [0.1, 0.15) is 27.2 Å². The fourth-order valence-electron chi connectivity index (χ4n) is 1.38. The number of benzene rings is 1. The second kappa shape index (κ2) is 7.19. The fraction of sp³-hybridized carbons (Fsp3) is 0.462. The maximum absolute atomic E-state index is 11.9. The van der Waals surface area contributed by atoms with E-state index in [-0.39, 0.29) is 18.0 Å². The first-order valence-electron chi connectivity index (χ1n) is 5.96. The molecule has 2 unspecified atom stereocenters. The Morgan fingerprint density at radius 3 is 2.72 bits per heavy atom. The Balaban J connectivity index is 2.66. The Morgan fingerprint density at radius 2 is 2.11 bits per heavy atom. The van der Waals surface area contributed by atoms with E-state index >= 15 is 0 Å². The van der Waals surface area contributed by atoms with Gasteiger partial charge in [0.1, 0.15) is 6.04 Å². The van der Waals surface area contributed by atoms with Crippen molar-refractivity contribution in [3.8, 4) is 0 Å². The lowest BCUT2D eigenvalue weighted by atomic mass is 10.2. The third-order valence-corrected chi connectivity index (χ3v) is 3.70. The van der Waals surface area contributed by atoms with Crippen molar-refractivity contribution in [2.45, 2.75) is 39.3 Å². The van der Waals surface area contributed by atoms with E-state index in [4.69, 9.17) is 11.6 Å². The van der Waals surface area contributed by atoms with Crippen molar-refractivity contribution in [3.05, 3.63) is 26.8 Å². The molecule has 0 saturated heterocycles. The van der Waals surface area contributed by atoms with Crippen molar-refractivity contribution in [1.29, 1.82) is 0 Å². The molecule has 1 aromatic rings. The Morgan fingerprint density at radius 1 is 1.44 bits per heavy atom. The molecule has 1 rings (SSSR count). The summed E-state index contributed by atoms with van der Waals surface area (Å²) in [6.07, 6.45) is 0.919. The molecule has 0 aromatic heterocycles. The normalized spacial score (nSPS) is 13.8. The zero-order valence-electron chi connectivity index (χ0n) is 10.8. The lowest BCUT2D eigenvalue weighted by Crippen LogP contribution is -2.41. The SMILES string of the molecule is CCC(C)NC(=O)C(C)Nc1cc(I)ccc1Cl. The van der Waals surface area contributed by atoms with Crippen LogP contribution in [-0.4, -0.2) is 18.0 Å². The van der Waals surface area contributed by atoms with E-state index < -0.39 is 0 Å². The summed E-state index contributed by atoms with van der Waals surface area (Å²) in [5.74, 6) is -0.0146. The molecule has 0 aliphatic carbocycles. The van der Waals surface area contributed by atoms with Gasteiger partial charge in [0.15, 0.2) is 0 Å². The van der Waals surface area contributed by atoms with Gasteiger partial charge in [-0.1, -0.05) is 18.5 Å². The molecule has 0 spiro atoms. The molecular weight excluding hydrogens is 363 g/mol. The van der Waals surface area contributed by atoms with Gasteiger partial charge < -0.3 is 10.6 Å². The van der Waals surface area contributed by atoms with Crippen LogP contribution in [-0.2, 0) is 4.79 Å². The highest BCUT2D eigenvalue weighted by Gasteiger charge is 2.15. The Labute approximate surface area is 127 Å². The zero-order valence-corrected chi connectivity index (χ0v) is 13.7. The van der Waals surface area contributed by atoms with Crippen LogP contribution < -0.4 is 10.6 Å². The van der Waals surface area contributed by atoms with Crippen molar-refractivity contribution >= 4 is 45.8 Å². The number of carbonyl (C=O) groups is 1. The van der Waals surface area contributed by atoms with Gasteiger partial charge in [0.2, 0.25) is 5.91 Å². The number of hydrogen-bond donors (Lipinski definition) is 2. The van der Waals surface area contributed by atoms with Crippen molar-refractivity contribution in [1.82, 2.24) is 5.32 Å². The van der Waals surface area contributed by atoms with Crippen LogP contribution >= 0.6 is 34.2 Å². The second-order valence-corrected chi connectivity index (χ2v) is 5.96. The summed E-state index contributed by atoms with van der Waals surface area (Å²) in [6, 6.07) is 5.56. The molecule has 100 valence electrons. The van der Waals surface area contributed by atoms with E-state index in [0.717, 1.165) is 15.7 Å². The summed E-state index contributed by atoms with van der Waals surface area (Å²) in [5, 5.41) is 6.69. The first kappa shape index (κ1) is 15.6. The molecule has 18 heavy (non-hydrogen) atoms. The second-order valence-electron chi connectivity index (χ2n) is 4.31. The van der Waals surface area contributed by atoms with Crippen LogP contribution in [0, 0.1) is 3.57 Å². The van der Waals surface area contributed by atoms with E-state index in [1.807, 2.05) is 39.0 Å². The van der Waals surface area contributed by atoms with Crippen molar-refractivity contribution in [3.63, 3.8) is 0 Å². The number of rotatable bonds is 5. The largest absolute Gasteiger partial charge is 0.373 e. The van der Waals surface area contributed by atoms with Gasteiger partial charge in [-0.05, 0) is 61.1 Å². The van der Waals surface area contributed by atoms with Gasteiger partial charge in [-0.3, -0.25) is 4.79 Å². The smallest absolute Gasteiger partial charge is 0.242 e. The summed E-state index contributed by atoms with van der Waals surface area (Å²) in [6.45, 7) is 5.86. The Hall–Kier alpha value is -0.490. The molecule has 3 nitrogen and oxygen atoms in total. The quantitative estimate of drug-likeness (QED) is 0.766. The zero-order chi connectivity index (χ0) is 13.7. The monoisotopic (exact) mass is 380 g/mol. The van der Waals surface area contributed by atoms with Gasteiger partial charge in [0, 0.05) is 9.61 Å². The minimum absolute atomic E-state index is 0.0146. The first-order chi connectivity index (χ1) is 8.43. The van der Waals surface area contributed by atoms with Crippen LogP contribution in [0.25, 0.3) is 0 Å².